The molecule has 1 aromatic heterocycles. The third-order valence-corrected chi connectivity index (χ3v) is 3.59. The molecule has 14 heavy (non-hydrogen) atoms. The van der Waals surface area contributed by atoms with Crippen LogP contribution in [0.5, 0.6) is 0 Å². The molecule has 1 rings (SSSR count). The lowest BCUT2D eigenvalue weighted by Crippen LogP contribution is -2.17. The minimum atomic E-state index is -0.722. The molecule has 80 valence electrons. The monoisotopic (exact) mass is 252 g/mol. The summed E-state index contributed by atoms with van der Waals surface area (Å²) >= 11 is 7.16. The van der Waals surface area contributed by atoms with Crippen LogP contribution in [-0.4, -0.2) is 27.2 Å². The fourth-order valence-corrected chi connectivity index (χ4v) is 2.58. The number of rotatable bonds is 5. The van der Waals surface area contributed by atoms with Crippen molar-refractivity contribution in [1.82, 2.24) is 4.98 Å². The van der Waals surface area contributed by atoms with Gasteiger partial charge in [0.25, 0.3) is 0 Å². The zero-order valence-electron chi connectivity index (χ0n) is 8.12. The molecule has 0 saturated heterocycles. The molecule has 0 aliphatic heterocycles. The fourth-order valence-electron chi connectivity index (χ4n) is 0.946. The highest BCUT2D eigenvalue weighted by Gasteiger charge is 2.05. The van der Waals surface area contributed by atoms with Gasteiger partial charge in [0.15, 0.2) is 5.13 Å². The van der Waals surface area contributed by atoms with Crippen molar-refractivity contribution in [3.8, 4) is 0 Å². The highest BCUT2D eigenvalue weighted by molar-refractivity contribution is 7.84. The maximum atomic E-state index is 10.9. The van der Waals surface area contributed by atoms with E-state index < -0.39 is 10.8 Å². The van der Waals surface area contributed by atoms with Crippen molar-refractivity contribution < 1.29 is 4.21 Å². The van der Waals surface area contributed by atoms with Gasteiger partial charge in [0.05, 0.1) is 0 Å². The van der Waals surface area contributed by atoms with Crippen LogP contribution in [0.25, 0.3) is 0 Å². The largest absolute Gasteiger partial charge is 0.359 e. The summed E-state index contributed by atoms with van der Waals surface area (Å²) in [6, 6.07) is 0.279. The van der Waals surface area contributed by atoms with Crippen molar-refractivity contribution in [2.75, 3.05) is 17.3 Å². The van der Waals surface area contributed by atoms with E-state index in [9.17, 15) is 4.21 Å². The van der Waals surface area contributed by atoms with E-state index in [1.165, 1.54) is 11.3 Å². The van der Waals surface area contributed by atoms with Crippen LogP contribution in [-0.2, 0) is 10.8 Å². The minimum absolute atomic E-state index is 0.279. The standard InChI is InChI=1S/C8H13ClN2OS2/c1-6(3-4-14(2)12)10-8-11-7(9)5-13-8/h5-6H,3-4H2,1-2H3,(H,10,11). The Hall–Kier alpha value is -0.130. The van der Waals surface area contributed by atoms with Gasteiger partial charge in [-0.3, -0.25) is 4.21 Å². The Balaban J connectivity index is 2.33. The van der Waals surface area contributed by atoms with Crippen LogP contribution in [0.3, 0.4) is 0 Å². The van der Waals surface area contributed by atoms with Crippen molar-refractivity contribution in [3.05, 3.63) is 10.5 Å². The summed E-state index contributed by atoms with van der Waals surface area (Å²) in [6.45, 7) is 2.04. The molecule has 0 radical (unpaired) electrons. The van der Waals surface area contributed by atoms with E-state index in [0.29, 0.717) is 10.9 Å². The van der Waals surface area contributed by atoms with Crippen molar-refractivity contribution in [3.63, 3.8) is 0 Å². The predicted octanol–water partition coefficient (Wildman–Crippen LogP) is 2.37. The van der Waals surface area contributed by atoms with Crippen LogP contribution in [0.4, 0.5) is 5.13 Å². The number of aromatic nitrogens is 1. The average molecular weight is 253 g/mol. The molecule has 0 aliphatic rings. The molecule has 0 aromatic carbocycles. The molecule has 1 heterocycles. The summed E-state index contributed by atoms with van der Waals surface area (Å²) in [4.78, 5) is 4.07. The van der Waals surface area contributed by atoms with Gasteiger partial charge in [-0.2, -0.15) is 0 Å². The van der Waals surface area contributed by atoms with Gasteiger partial charge in [-0.05, 0) is 13.3 Å². The molecular weight excluding hydrogens is 240 g/mol. The van der Waals surface area contributed by atoms with Crippen molar-refractivity contribution in [2.45, 2.75) is 19.4 Å². The number of nitrogens with zero attached hydrogens (tertiary/aromatic N) is 1. The van der Waals surface area contributed by atoms with E-state index in [4.69, 9.17) is 11.6 Å². The summed E-state index contributed by atoms with van der Waals surface area (Å²) in [7, 11) is -0.722. The first-order valence-corrected chi connectivity index (χ1v) is 7.24. The Morgan fingerprint density at radius 1 is 1.79 bits per heavy atom. The van der Waals surface area contributed by atoms with Crippen molar-refractivity contribution in [1.29, 1.82) is 0 Å². The van der Waals surface area contributed by atoms with Gasteiger partial charge in [0.2, 0.25) is 0 Å². The first-order valence-electron chi connectivity index (χ1n) is 4.25. The third kappa shape index (κ3) is 4.39. The molecule has 0 bridgehead atoms. The number of thiazole rings is 1. The zero-order chi connectivity index (χ0) is 10.6. The molecule has 0 fully saturated rings. The van der Waals surface area contributed by atoms with Gasteiger partial charge in [-0.25, -0.2) is 4.98 Å². The first kappa shape index (κ1) is 11.9. The van der Waals surface area contributed by atoms with Crippen LogP contribution in [0, 0.1) is 0 Å². The number of halogens is 1. The quantitative estimate of drug-likeness (QED) is 0.875. The number of anilines is 1. The second-order valence-electron chi connectivity index (χ2n) is 3.09. The van der Waals surface area contributed by atoms with Gasteiger partial charge >= 0.3 is 0 Å². The Bertz CT molecular complexity index is 316. The summed E-state index contributed by atoms with van der Waals surface area (Å²) < 4.78 is 10.9. The molecule has 2 atom stereocenters. The Kier molecular flexibility index (Phi) is 4.84. The lowest BCUT2D eigenvalue weighted by atomic mass is 10.3. The Labute approximate surface area is 95.3 Å². The molecule has 0 saturated carbocycles. The Morgan fingerprint density at radius 2 is 2.50 bits per heavy atom. The summed E-state index contributed by atoms with van der Waals surface area (Å²) in [5, 5.41) is 6.33. The summed E-state index contributed by atoms with van der Waals surface area (Å²) in [5.74, 6) is 0.716. The first-order chi connectivity index (χ1) is 6.58. The van der Waals surface area contributed by atoms with Crippen LogP contribution in [0.2, 0.25) is 5.15 Å². The predicted molar refractivity (Wildman–Crippen MR) is 63.8 cm³/mol. The SMILES string of the molecule is CC(CCS(C)=O)Nc1nc(Cl)cs1. The molecule has 0 aliphatic carbocycles. The second-order valence-corrected chi connectivity index (χ2v) is 5.89. The van der Waals surface area contributed by atoms with Gasteiger partial charge < -0.3 is 5.32 Å². The lowest BCUT2D eigenvalue weighted by Gasteiger charge is -2.11. The van der Waals surface area contributed by atoms with Crippen LogP contribution in [0.15, 0.2) is 5.38 Å². The molecule has 1 aromatic rings. The highest BCUT2D eigenvalue weighted by atomic mass is 35.5. The summed E-state index contributed by atoms with van der Waals surface area (Å²) in [6.07, 6.45) is 2.59. The number of hydrogen-bond acceptors (Lipinski definition) is 4. The third-order valence-electron chi connectivity index (χ3n) is 1.68. The van der Waals surface area contributed by atoms with E-state index in [1.807, 2.05) is 6.92 Å². The lowest BCUT2D eigenvalue weighted by molar-refractivity contribution is 0.678. The second kappa shape index (κ2) is 5.68. The highest BCUT2D eigenvalue weighted by Crippen LogP contribution is 2.19. The molecule has 0 amide bonds. The molecular formula is C8H13ClN2OS2. The smallest absolute Gasteiger partial charge is 0.184 e. The van der Waals surface area contributed by atoms with Crippen LogP contribution in [0.1, 0.15) is 13.3 Å². The average Bonchev–Trinajstić information content (AvgIpc) is 2.48. The van der Waals surface area contributed by atoms with Gasteiger partial charge in [-0.1, -0.05) is 11.6 Å². The topological polar surface area (TPSA) is 42.0 Å². The van der Waals surface area contributed by atoms with Crippen molar-refractivity contribution >= 4 is 38.9 Å². The van der Waals surface area contributed by atoms with Gasteiger partial charge in [0, 0.05) is 34.2 Å². The maximum absolute atomic E-state index is 10.9. The normalized spacial score (nSPS) is 15.1. The number of nitrogens with one attached hydrogen (secondary N) is 1. The molecule has 6 heteroatoms. The van der Waals surface area contributed by atoms with E-state index >= 15 is 0 Å². The molecule has 3 nitrogen and oxygen atoms in total. The maximum Gasteiger partial charge on any atom is 0.184 e. The van der Waals surface area contributed by atoms with E-state index in [2.05, 4.69) is 10.3 Å². The van der Waals surface area contributed by atoms with Crippen LogP contribution >= 0.6 is 22.9 Å². The van der Waals surface area contributed by atoms with E-state index in [-0.39, 0.29) is 6.04 Å². The van der Waals surface area contributed by atoms with Crippen molar-refractivity contribution in [2.24, 2.45) is 0 Å². The van der Waals surface area contributed by atoms with E-state index in [0.717, 1.165) is 11.6 Å². The molecule has 0 spiro atoms. The van der Waals surface area contributed by atoms with E-state index in [1.54, 1.807) is 11.6 Å². The summed E-state index contributed by atoms with van der Waals surface area (Å²) in [5.41, 5.74) is 0. The Morgan fingerprint density at radius 3 is 3.00 bits per heavy atom. The minimum Gasteiger partial charge on any atom is -0.359 e. The van der Waals surface area contributed by atoms with Crippen LogP contribution < -0.4 is 5.32 Å². The molecule has 1 N–H and O–H groups in total. The number of hydrogen-bond donors (Lipinski definition) is 1. The zero-order valence-corrected chi connectivity index (χ0v) is 10.5. The van der Waals surface area contributed by atoms with Gasteiger partial charge in [-0.15, -0.1) is 11.3 Å². The fraction of sp³-hybridized carbons (Fsp3) is 0.625. The van der Waals surface area contributed by atoms with Gasteiger partial charge in [0.1, 0.15) is 5.15 Å². The molecule has 2 unspecified atom stereocenters.